The minimum absolute atomic E-state index is 0. The summed E-state index contributed by atoms with van der Waals surface area (Å²) in [6, 6.07) is 7.75. The average molecular weight is 563 g/mol. The van der Waals surface area contributed by atoms with Crippen LogP contribution in [0.1, 0.15) is 46.4 Å². The van der Waals surface area contributed by atoms with E-state index in [-0.39, 0.29) is 24.0 Å². The van der Waals surface area contributed by atoms with E-state index in [1.54, 1.807) is 0 Å². The van der Waals surface area contributed by atoms with Crippen LogP contribution in [-0.2, 0) is 6.42 Å². The molecule has 0 fully saturated rings. The number of aliphatic imine (C=N–C) groups is 1. The molecule has 1 aromatic carbocycles. The maximum absolute atomic E-state index is 5.93. The van der Waals surface area contributed by atoms with Gasteiger partial charge in [0.1, 0.15) is 0 Å². The highest BCUT2D eigenvalue weighted by Crippen LogP contribution is 2.18. The Bertz CT molecular complexity index is 764. The van der Waals surface area contributed by atoms with Gasteiger partial charge in [-0.05, 0) is 70.6 Å². The summed E-state index contributed by atoms with van der Waals surface area (Å²) in [5.41, 5.74) is 0.881. The third kappa shape index (κ3) is 10.2. The van der Waals surface area contributed by atoms with Crippen LogP contribution in [0.3, 0.4) is 0 Å². The average Bonchev–Trinajstić information content (AvgIpc) is 3.21. The number of halogens is 2. The van der Waals surface area contributed by atoms with Crippen molar-refractivity contribution in [3.8, 4) is 11.4 Å². The van der Waals surface area contributed by atoms with Crippen molar-refractivity contribution < 1.29 is 4.52 Å². The van der Waals surface area contributed by atoms with Gasteiger partial charge in [-0.25, -0.2) is 0 Å². The third-order valence-corrected chi connectivity index (χ3v) is 5.15. The quantitative estimate of drug-likeness (QED) is 0.223. The van der Waals surface area contributed by atoms with Crippen molar-refractivity contribution in [3.63, 3.8) is 0 Å². The molecule has 0 aliphatic rings. The van der Waals surface area contributed by atoms with Gasteiger partial charge in [-0.15, -0.1) is 24.0 Å². The second-order valence-corrected chi connectivity index (χ2v) is 7.68. The molecule has 0 bridgehead atoms. The van der Waals surface area contributed by atoms with Crippen LogP contribution in [0.5, 0.6) is 0 Å². The lowest BCUT2D eigenvalue weighted by molar-refractivity contribution is 0.292. The molecular formula is C22H36ClIN6O. The van der Waals surface area contributed by atoms with Gasteiger partial charge >= 0.3 is 0 Å². The zero-order valence-electron chi connectivity index (χ0n) is 19.0. The summed E-state index contributed by atoms with van der Waals surface area (Å²) < 4.78 is 5.36. The minimum Gasteiger partial charge on any atom is -0.357 e. The third-order valence-electron chi connectivity index (χ3n) is 4.90. The largest absolute Gasteiger partial charge is 0.357 e. The monoisotopic (exact) mass is 562 g/mol. The van der Waals surface area contributed by atoms with E-state index in [0.717, 1.165) is 44.1 Å². The molecular weight excluding hydrogens is 527 g/mol. The predicted molar refractivity (Wildman–Crippen MR) is 139 cm³/mol. The van der Waals surface area contributed by atoms with E-state index in [1.807, 2.05) is 24.3 Å². The smallest absolute Gasteiger partial charge is 0.228 e. The standard InChI is InChI=1S/C22H35ClN6O.HI/c1-5-24-22(26-17(4)9-8-16-29(6-2)7-3)25-15-14-20-27-21(28-30-20)18-10-12-19(23)13-11-18;/h10-13,17H,5-9,14-16H2,1-4H3,(H2,24,25,26);1H. The molecule has 0 aliphatic heterocycles. The lowest BCUT2D eigenvalue weighted by Gasteiger charge is -2.21. The fraction of sp³-hybridized carbons (Fsp3) is 0.591. The molecule has 2 rings (SSSR count). The topological polar surface area (TPSA) is 78.6 Å². The van der Waals surface area contributed by atoms with Gasteiger partial charge < -0.3 is 20.1 Å². The normalized spacial score (nSPS) is 12.5. The second kappa shape index (κ2) is 15.4. The molecule has 0 aliphatic carbocycles. The highest BCUT2D eigenvalue weighted by Gasteiger charge is 2.10. The molecule has 0 saturated carbocycles. The summed E-state index contributed by atoms with van der Waals surface area (Å²) in [6.07, 6.45) is 2.87. The number of hydrogen-bond donors (Lipinski definition) is 2. The number of guanidine groups is 1. The molecule has 0 spiro atoms. The van der Waals surface area contributed by atoms with Crippen LogP contribution >= 0.6 is 35.6 Å². The Kier molecular flexibility index (Phi) is 13.7. The van der Waals surface area contributed by atoms with Crippen molar-refractivity contribution in [2.24, 2.45) is 4.99 Å². The van der Waals surface area contributed by atoms with Crippen LogP contribution in [0.2, 0.25) is 5.02 Å². The molecule has 0 radical (unpaired) electrons. The Morgan fingerprint density at radius 1 is 1.19 bits per heavy atom. The fourth-order valence-electron chi connectivity index (χ4n) is 3.12. The molecule has 1 aromatic heterocycles. The van der Waals surface area contributed by atoms with Gasteiger partial charge in [-0.1, -0.05) is 30.6 Å². The molecule has 174 valence electrons. The van der Waals surface area contributed by atoms with Gasteiger partial charge in [0, 0.05) is 29.6 Å². The molecule has 2 aromatic rings. The number of nitrogens with one attached hydrogen (secondary N) is 2. The molecule has 31 heavy (non-hydrogen) atoms. The molecule has 9 heteroatoms. The van der Waals surface area contributed by atoms with E-state index >= 15 is 0 Å². The van der Waals surface area contributed by atoms with Gasteiger partial charge in [0.05, 0.1) is 6.54 Å². The molecule has 1 atom stereocenters. The second-order valence-electron chi connectivity index (χ2n) is 7.24. The Hall–Kier alpha value is -1.39. The van der Waals surface area contributed by atoms with Gasteiger partial charge in [0.2, 0.25) is 11.7 Å². The van der Waals surface area contributed by atoms with Crippen LogP contribution in [-0.4, -0.2) is 59.8 Å². The van der Waals surface area contributed by atoms with Crippen LogP contribution < -0.4 is 10.6 Å². The number of aromatic nitrogens is 2. The highest BCUT2D eigenvalue weighted by atomic mass is 127. The maximum atomic E-state index is 5.93. The molecule has 7 nitrogen and oxygen atoms in total. The van der Waals surface area contributed by atoms with Gasteiger partial charge in [-0.2, -0.15) is 4.98 Å². The number of rotatable bonds is 12. The van der Waals surface area contributed by atoms with Crippen molar-refractivity contribution >= 4 is 41.5 Å². The number of hydrogen-bond acceptors (Lipinski definition) is 5. The van der Waals surface area contributed by atoms with Gasteiger partial charge in [0.15, 0.2) is 5.96 Å². The summed E-state index contributed by atoms with van der Waals surface area (Å²) in [5, 5.41) is 11.5. The van der Waals surface area contributed by atoms with Gasteiger partial charge in [0.25, 0.3) is 0 Å². The zero-order chi connectivity index (χ0) is 21.8. The molecule has 0 amide bonds. The molecule has 0 saturated heterocycles. The van der Waals surface area contributed by atoms with Crippen molar-refractivity contribution in [1.82, 2.24) is 25.7 Å². The summed E-state index contributed by atoms with van der Waals surface area (Å²) in [7, 11) is 0. The first-order valence-electron chi connectivity index (χ1n) is 10.9. The minimum atomic E-state index is 0. The van der Waals surface area contributed by atoms with Gasteiger partial charge in [-0.3, -0.25) is 4.99 Å². The Morgan fingerprint density at radius 2 is 1.90 bits per heavy atom. The lowest BCUT2D eigenvalue weighted by atomic mass is 10.2. The summed E-state index contributed by atoms with van der Waals surface area (Å²) in [4.78, 5) is 11.6. The summed E-state index contributed by atoms with van der Waals surface area (Å²) in [5.74, 6) is 1.97. The van der Waals surface area contributed by atoms with E-state index in [1.165, 1.54) is 6.42 Å². The SMILES string of the molecule is CCNC(=NCCc1nc(-c2ccc(Cl)cc2)no1)NC(C)CCCN(CC)CC.I. The summed E-state index contributed by atoms with van der Waals surface area (Å²) >= 11 is 5.93. The van der Waals surface area contributed by atoms with E-state index in [2.05, 4.69) is 58.4 Å². The Balaban J connectivity index is 0.00000480. The fourth-order valence-corrected chi connectivity index (χ4v) is 3.25. The molecule has 1 unspecified atom stereocenters. The van der Waals surface area contributed by atoms with E-state index in [4.69, 9.17) is 16.1 Å². The van der Waals surface area contributed by atoms with Crippen LogP contribution in [0, 0.1) is 0 Å². The summed E-state index contributed by atoms with van der Waals surface area (Å²) in [6.45, 7) is 13.4. The van der Waals surface area contributed by atoms with E-state index in [9.17, 15) is 0 Å². The van der Waals surface area contributed by atoms with Crippen LogP contribution in [0.15, 0.2) is 33.8 Å². The first kappa shape index (κ1) is 27.6. The highest BCUT2D eigenvalue weighted by molar-refractivity contribution is 14.0. The van der Waals surface area contributed by atoms with E-state index in [0.29, 0.717) is 35.7 Å². The lowest BCUT2D eigenvalue weighted by Crippen LogP contribution is -2.42. The van der Waals surface area contributed by atoms with Crippen molar-refractivity contribution in [2.75, 3.05) is 32.7 Å². The molecule has 2 N–H and O–H groups in total. The van der Waals surface area contributed by atoms with Crippen LogP contribution in [0.25, 0.3) is 11.4 Å². The zero-order valence-corrected chi connectivity index (χ0v) is 22.1. The molecule has 1 heterocycles. The first-order chi connectivity index (χ1) is 14.5. The maximum Gasteiger partial charge on any atom is 0.228 e. The number of benzene rings is 1. The van der Waals surface area contributed by atoms with Crippen molar-refractivity contribution in [1.29, 1.82) is 0 Å². The van der Waals surface area contributed by atoms with E-state index < -0.39 is 0 Å². The van der Waals surface area contributed by atoms with Crippen molar-refractivity contribution in [3.05, 3.63) is 35.2 Å². The Morgan fingerprint density at radius 3 is 2.55 bits per heavy atom. The van der Waals surface area contributed by atoms with Crippen LogP contribution in [0.4, 0.5) is 0 Å². The number of nitrogens with zero attached hydrogens (tertiary/aromatic N) is 4. The first-order valence-corrected chi connectivity index (χ1v) is 11.3. The Labute approximate surface area is 208 Å². The van der Waals surface area contributed by atoms with Crippen molar-refractivity contribution in [2.45, 2.75) is 53.0 Å². The predicted octanol–water partition coefficient (Wildman–Crippen LogP) is 4.62.